The van der Waals surface area contributed by atoms with Gasteiger partial charge in [0.1, 0.15) is 11.4 Å². The highest BCUT2D eigenvalue weighted by Crippen LogP contribution is 2.37. The summed E-state index contributed by atoms with van der Waals surface area (Å²) in [4.78, 5) is 33.9. The number of hydrogen-bond donors (Lipinski definition) is 2. The summed E-state index contributed by atoms with van der Waals surface area (Å²) in [7, 11) is 0. The van der Waals surface area contributed by atoms with E-state index in [1.165, 1.54) is 17.3 Å². The van der Waals surface area contributed by atoms with Gasteiger partial charge in [-0.15, -0.1) is 0 Å². The molecular formula is C21H26N4O2. The minimum Gasteiger partial charge on any atom is -0.351 e. The normalized spacial score (nSPS) is 20.0. The van der Waals surface area contributed by atoms with E-state index >= 15 is 0 Å². The standard InChI is InChI=1S/C21H26N4O2/c1-14-4-2-3-5-17(14)13-25-9-8-15(12-25)10-23-20(26)18-11-22-19(16-6-7-16)24-21(18)27/h2-5,11,15-16H,6-10,12-13H2,1H3,(H,23,26)(H,22,24,27)/t15-/m0/s1. The number of amides is 1. The first-order chi connectivity index (χ1) is 13.1. The fourth-order valence-electron chi connectivity index (χ4n) is 3.72. The molecule has 27 heavy (non-hydrogen) atoms. The number of carbonyl (C=O) groups excluding carboxylic acids is 1. The van der Waals surface area contributed by atoms with Crippen molar-refractivity contribution in [3.05, 3.63) is 63.3 Å². The van der Waals surface area contributed by atoms with E-state index in [-0.39, 0.29) is 17.0 Å². The molecule has 6 heteroatoms. The van der Waals surface area contributed by atoms with Gasteiger partial charge in [-0.05, 0) is 49.8 Å². The van der Waals surface area contributed by atoms with Gasteiger partial charge in [-0.1, -0.05) is 24.3 Å². The van der Waals surface area contributed by atoms with Crippen LogP contribution in [-0.4, -0.2) is 40.4 Å². The monoisotopic (exact) mass is 366 g/mol. The van der Waals surface area contributed by atoms with Gasteiger partial charge in [-0.25, -0.2) is 4.98 Å². The zero-order valence-corrected chi connectivity index (χ0v) is 15.7. The molecule has 2 heterocycles. The fourth-order valence-corrected chi connectivity index (χ4v) is 3.72. The lowest BCUT2D eigenvalue weighted by atomic mass is 10.1. The van der Waals surface area contributed by atoms with Crippen molar-refractivity contribution in [2.75, 3.05) is 19.6 Å². The third-order valence-corrected chi connectivity index (χ3v) is 5.60. The molecule has 2 aromatic rings. The predicted octanol–water partition coefficient (Wildman–Crippen LogP) is 2.21. The molecule has 0 bridgehead atoms. The summed E-state index contributed by atoms with van der Waals surface area (Å²) in [6.45, 7) is 5.68. The van der Waals surface area contributed by atoms with Gasteiger partial charge in [0, 0.05) is 31.7 Å². The minimum absolute atomic E-state index is 0.106. The summed E-state index contributed by atoms with van der Waals surface area (Å²) < 4.78 is 0. The number of hydrogen-bond acceptors (Lipinski definition) is 4. The summed E-state index contributed by atoms with van der Waals surface area (Å²) in [6, 6.07) is 8.46. The topological polar surface area (TPSA) is 78.1 Å². The van der Waals surface area contributed by atoms with Gasteiger partial charge in [-0.3, -0.25) is 14.5 Å². The van der Waals surface area contributed by atoms with Crippen LogP contribution >= 0.6 is 0 Å². The highest BCUT2D eigenvalue weighted by Gasteiger charge is 2.27. The highest BCUT2D eigenvalue weighted by molar-refractivity contribution is 5.93. The summed E-state index contributed by atoms with van der Waals surface area (Å²) >= 11 is 0. The van der Waals surface area contributed by atoms with E-state index < -0.39 is 0 Å². The molecule has 1 aliphatic carbocycles. The fraction of sp³-hybridized carbons (Fsp3) is 0.476. The molecule has 1 saturated heterocycles. The lowest BCUT2D eigenvalue weighted by Gasteiger charge is -2.17. The van der Waals surface area contributed by atoms with Gasteiger partial charge in [0.15, 0.2) is 0 Å². The quantitative estimate of drug-likeness (QED) is 0.822. The van der Waals surface area contributed by atoms with Crippen molar-refractivity contribution in [2.24, 2.45) is 5.92 Å². The molecule has 6 nitrogen and oxygen atoms in total. The maximum absolute atomic E-state index is 12.4. The third kappa shape index (κ3) is 4.27. The number of nitrogens with one attached hydrogen (secondary N) is 2. The van der Waals surface area contributed by atoms with Crippen molar-refractivity contribution in [3.63, 3.8) is 0 Å². The Labute approximate surface area is 159 Å². The number of rotatable bonds is 6. The van der Waals surface area contributed by atoms with Crippen molar-refractivity contribution in [1.82, 2.24) is 20.2 Å². The van der Waals surface area contributed by atoms with E-state index in [1.807, 2.05) is 0 Å². The molecule has 2 fully saturated rings. The lowest BCUT2D eigenvalue weighted by molar-refractivity contribution is 0.0945. The average molecular weight is 366 g/mol. The number of aryl methyl sites for hydroxylation is 1. The van der Waals surface area contributed by atoms with Crippen LogP contribution in [0.2, 0.25) is 0 Å². The van der Waals surface area contributed by atoms with Crippen LogP contribution in [0.5, 0.6) is 0 Å². The van der Waals surface area contributed by atoms with Crippen LogP contribution in [0.15, 0.2) is 35.3 Å². The first-order valence-corrected chi connectivity index (χ1v) is 9.74. The molecule has 1 aromatic carbocycles. The Hall–Kier alpha value is -2.47. The van der Waals surface area contributed by atoms with E-state index in [9.17, 15) is 9.59 Å². The summed E-state index contributed by atoms with van der Waals surface area (Å²) in [5.41, 5.74) is 2.44. The Morgan fingerprint density at radius 3 is 2.85 bits per heavy atom. The molecule has 1 amide bonds. The van der Waals surface area contributed by atoms with Gasteiger partial charge in [0.05, 0.1) is 0 Å². The molecule has 2 N–H and O–H groups in total. The maximum atomic E-state index is 12.4. The van der Waals surface area contributed by atoms with Crippen LogP contribution in [0, 0.1) is 12.8 Å². The Balaban J connectivity index is 1.28. The Bertz CT molecular complexity index is 888. The zero-order chi connectivity index (χ0) is 18.8. The third-order valence-electron chi connectivity index (χ3n) is 5.60. The van der Waals surface area contributed by atoms with Crippen molar-refractivity contribution in [3.8, 4) is 0 Å². The number of H-pyrrole nitrogens is 1. The SMILES string of the molecule is Cc1ccccc1CN1CC[C@@H](CNC(=O)c2cnc(C3CC3)[nH]c2=O)C1. The van der Waals surface area contributed by atoms with Crippen molar-refractivity contribution < 1.29 is 4.79 Å². The average Bonchev–Trinajstić information content (AvgIpc) is 3.42. The van der Waals surface area contributed by atoms with Crippen molar-refractivity contribution in [2.45, 2.75) is 38.6 Å². The number of likely N-dealkylation sites (tertiary alicyclic amines) is 1. The molecule has 0 radical (unpaired) electrons. The second kappa shape index (κ2) is 7.64. The van der Waals surface area contributed by atoms with Gasteiger partial charge in [-0.2, -0.15) is 0 Å². The predicted molar refractivity (Wildman–Crippen MR) is 104 cm³/mol. The van der Waals surface area contributed by atoms with Crippen LogP contribution in [0.25, 0.3) is 0 Å². The molecular weight excluding hydrogens is 340 g/mol. The molecule has 0 unspecified atom stereocenters. The molecule has 4 rings (SSSR count). The largest absolute Gasteiger partial charge is 0.351 e. The van der Waals surface area contributed by atoms with E-state index in [4.69, 9.17) is 0 Å². The van der Waals surface area contributed by atoms with E-state index in [1.54, 1.807) is 0 Å². The van der Waals surface area contributed by atoms with Gasteiger partial charge < -0.3 is 10.3 Å². The Kier molecular flexibility index (Phi) is 5.07. The van der Waals surface area contributed by atoms with Crippen molar-refractivity contribution in [1.29, 1.82) is 0 Å². The van der Waals surface area contributed by atoms with Crippen LogP contribution in [0.1, 0.15) is 52.5 Å². The van der Waals surface area contributed by atoms with Crippen LogP contribution in [0.4, 0.5) is 0 Å². The Morgan fingerprint density at radius 2 is 2.11 bits per heavy atom. The number of aromatic nitrogens is 2. The first kappa shape index (κ1) is 17.9. The molecule has 1 aromatic heterocycles. The maximum Gasteiger partial charge on any atom is 0.263 e. The van der Waals surface area contributed by atoms with Crippen LogP contribution in [0.3, 0.4) is 0 Å². The number of aromatic amines is 1. The number of carbonyl (C=O) groups is 1. The second-order valence-corrected chi connectivity index (χ2v) is 7.81. The van der Waals surface area contributed by atoms with Crippen LogP contribution < -0.4 is 10.9 Å². The highest BCUT2D eigenvalue weighted by atomic mass is 16.2. The van der Waals surface area contributed by atoms with Crippen molar-refractivity contribution >= 4 is 5.91 Å². The minimum atomic E-state index is -0.336. The van der Waals surface area contributed by atoms with Gasteiger partial charge >= 0.3 is 0 Å². The number of benzene rings is 1. The van der Waals surface area contributed by atoms with Crippen LogP contribution in [-0.2, 0) is 6.54 Å². The second-order valence-electron chi connectivity index (χ2n) is 7.81. The van der Waals surface area contributed by atoms with Gasteiger partial charge in [0.25, 0.3) is 11.5 Å². The summed E-state index contributed by atoms with van der Waals surface area (Å²) in [5.74, 6) is 1.16. The van der Waals surface area contributed by atoms with E-state index in [0.29, 0.717) is 24.2 Å². The smallest absolute Gasteiger partial charge is 0.263 e. The molecule has 142 valence electrons. The molecule has 1 atom stereocenters. The molecule has 1 aliphatic heterocycles. The number of nitrogens with zero attached hydrogens (tertiary/aromatic N) is 2. The summed E-state index contributed by atoms with van der Waals surface area (Å²) in [5, 5.41) is 2.92. The molecule has 2 aliphatic rings. The zero-order valence-electron chi connectivity index (χ0n) is 15.7. The van der Waals surface area contributed by atoms with Gasteiger partial charge in [0.2, 0.25) is 0 Å². The van der Waals surface area contributed by atoms with E-state index in [2.05, 4.69) is 51.4 Å². The lowest BCUT2D eigenvalue weighted by Crippen LogP contribution is -2.34. The molecule has 0 spiro atoms. The summed E-state index contributed by atoms with van der Waals surface area (Å²) in [6.07, 6.45) is 4.60. The Morgan fingerprint density at radius 1 is 1.30 bits per heavy atom. The first-order valence-electron chi connectivity index (χ1n) is 9.74. The van der Waals surface area contributed by atoms with E-state index in [0.717, 1.165) is 38.9 Å². The molecule has 1 saturated carbocycles.